The van der Waals surface area contributed by atoms with E-state index in [1.807, 2.05) is 24.3 Å². The summed E-state index contributed by atoms with van der Waals surface area (Å²) in [5.41, 5.74) is 1.57. The Morgan fingerprint density at radius 2 is 2.16 bits per heavy atom. The molecule has 2 heterocycles. The topological polar surface area (TPSA) is 69.9 Å². The SMILES string of the molecule is CN(Cc1ccccn1)C(=O)c1ccc(C#N)nc1. The first-order valence-electron chi connectivity index (χ1n) is 5.72. The maximum atomic E-state index is 12.1. The van der Waals surface area contributed by atoms with Crippen molar-refractivity contribution in [1.29, 1.82) is 5.26 Å². The number of rotatable bonds is 3. The van der Waals surface area contributed by atoms with Gasteiger partial charge in [-0.3, -0.25) is 9.78 Å². The molecular weight excluding hydrogens is 240 g/mol. The van der Waals surface area contributed by atoms with E-state index in [4.69, 9.17) is 5.26 Å². The molecule has 5 heteroatoms. The van der Waals surface area contributed by atoms with E-state index in [1.165, 1.54) is 12.3 Å². The van der Waals surface area contributed by atoms with Gasteiger partial charge < -0.3 is 4.90 Å². The molecular formula is C14H12N4O. The van der Waals surface area contributed by atoms with Gasteiger partial charge in [0.25, 0.3) is 5.91 Å². The van der Waals surface area contributed by atoms with Gasteiger partial charge in [0.05, 0.1) is 17.8 Å². The second kappa shape index (κ2) is 5.74. The van der Waals surface area contributed by atoms with Crippen LogP contribution < -0.4 is 0 Å². The molecule has 0 fully saturated rings. The third-order valence-electron chi connectivity index (χ3n) is 2.60. The minimum absolute atomic E-state index is 0.150. The number of pyridine rings is 2. The molecule has 0 bridgehead atoms. The number of aromatic nitrogens is 2. The van der Waals surface area contributed by atoms with E-state index in [1.54, 1.807) is 24.2 Å². The van der Waals surface area contributed by atoms with Crippen molar-refractivity contribution in [3.63, 3.8) is 0 Å². The molecule has 0 unspecified atom stereocenters. The van der Waals surface area contributed by atoms with Crippen LogP contribution in [0, 0.1) is 11.3 Å². The number of carbonyl (C=O) groups excluding carboxylic acids is 1. The number of amides is 1. The molecule has 2 aromatic rings. The van der Waals surface area contributed by atoms with Crippen LogP contribution >= 0.6 is 0 Å². The van der Waals surface area contributed by atoms with Crippen LogP contribution in [0.5, 0.6) is 0 Å². The molecule has 5 nitrogen and oxygen atoms in total. The Labute approximate surface area is 111 Å². The van der Waals surface area contributed by atoms with E-state index in [-0.39, 0.29) is 5.91 Å². The highest BCUT2D eigenvalue weighted by Crippen LogP contribution is 2.06. The zero-order chi connectivity index (χ0) is 13.7. The third-order valence-corrected chi connectivity index (χ3v) is 2.60. The minimum atomic E-state index is -0.150. The van der Waals surface area contributed by atoms with Crippen molar-refractivity contribution in [3.05, 3.63) is 59.7 Å². The summed E-state index contributed by atoms with van der Waals surface area (Å²) in [5.74, 6) is -0.150. The maximum absolute atomic E-state index is 12.1. The Bertz CT molecular complexity index is 602. The lowest BCUT2D eigenvalue weighted by molar-refractivity contribution is 0.0783. The van der Waals surface area contributed by atoms with Gasteiger partial charge >= 0.3 is 0 Å². The summed E-state index contributed by atoms with van der Waals surface area (Å²) in [6.07, 6.45) is 3.10. The predicted octanol–water partition coefficient (Wildman–Crippen LogP) is 1.62. The van der Waals surface area contributed by atoms with Crippen LogP contribution in [0.2, 0.25) is 0 Å². The zero-order valence-electron chi connectivity index (χ0n) is 10.4. The van der Waals surface area contributed by atoms with Crippen molar-refractivity contribution < 1.29 is 4.79 Å². The first kappa shape index (κ1) is 12.7. The quantitative estimate of drug-likeness (QED) is 0.832. The van der Waals surface area contributed by atoms with E-state index in [2.05, 4.69) is 9.97 Å². The number of hydrogen-bond donors (Lipinski definition) is 0. The molecule has 2 rings (SSSR count). The van der Waals surface area contributed by atoms with Gasteiger partial charge in [-0.1, -0.05) is 6.07 Å². The largest absolute Gasteiger partial charge is 0.336 e. The molecule has 0 saturated carbocycles. The molecule has 0 saturated heterocycles. The highest BCUT2D eigenvalue weighted by Gasteiger charge is 2.12. The van der Waals surface area contributed by atoms with Crippen LogP contribution in [0.25, 0.3) is 0 Å². The first-order valence-corrected chi connectivity index (χ1v) is 5.72. The van der Waals surface area contributed by atoms with E-state index >= 15 is 0 Å². The molecule has 0 aromatic carbocycles. The molecule has 19 heavy (non-hydrogen) atoms. The van der Waals surface area contributed by atoms with Crippen molar-refractivity contribution in [2.24, 2.45) is 0 Å². The molecule has 0 N–H and O–H groups in total. The third kappa shape index (κ3) is 3.13. The Morgan fingerprint density at radius 3 is 2.74 bits per heavy atom. The van der Waals surface area contributed by atoms with Gasteiger partial charge in [0.15, 0.2) is 0 Å². The summed E-state index contributed by atoms with van der Waals surface area (Å²) < 4.78 is 0. The second-order valence-corrected chi connectivity index (χ2v) is 4.03. The highest BCUT2D eigenvalue weighted by molar-refractivity contribution is 5.93. The molecule has 1 amide bonds. The molecule has 0 radical (unpaired) electrons. The predicted molar refractivity (Wildman–Crippen MR) is 69.0 cm³/mol. The van der Waals surface area contributed by atoms with Crippen LogP contribution in [-0.4, -0.2) is 27.8 Å². The van der Waals surface area contributed by atoms with Crippen LogP contribution in [0.4, 0.5) is 0 Å². The molecule has 0 aliphatic carbocycles. The average molecular weight is 252 g/mol. The van der Waals surface area contributed by atoms with Crippen molar-refractivity contribution in [2.75, 3.05) is 7.05 Å². The van der Waals surface area contributed by atoms with Gasteiger partial charge in [-0.15, -0.1) is 0 Å². The van der Waals surface area contributed by atoms with Crippen LogP contribution in [-0.2, 0) is 6.54 Å². The van der Waals surface area contributed by atoms with Crippen LogP contribution in [0.1, 0.15) is 21.7 Å². The average Bonchev–Trinajstić information content (AvgIpc) is 2.47. The van der Waals surface area contributed by atoms with Crippen molar-refractivity contribution in [2.45, 2.75) is 6.54 Å². The molecule has 0 aliphatic rings. The van der Waals surface area contributed by atoms with Gasteiger partial charge in [0.1, 0.15) is 11.8 Å². The molecule has 0 spiro atoms. The lowest BCUT2D eigenvalue weighted by Gasteiger charge is -2.16. The second-order valence-electron chi connectivity index (χ2n) is 4.03. The molecule has 94 valence electrons. The highest BCUT2D eigenvalue weighted by atomic mass is 16.2. The Balaban J connectivity index is 2.08. The lowest BCUT2D eigenvalue weighted by atomic mass is 10.2. The van der Waals surface area contributed by atoms with E-state index < -0.39 is 0 Å². The van der Waals surface area contributed by atoms with Gasteiger partial charge in [0.2, 0.25) is 0 Å². The molecule has 0 aliphatic heterocycles. The summed E-state index contributed by atoms with van der Waals surface area (Å²) in [5, 5.41) is 8.66. The Morgan fingerprint density at radius 1 is 1.32 bits per heavy atom. The summed E-state index contributed by atoms with van der Waals surface area (Å²) in [4.78, 5) is 21.7. The number of carbonyl (C=O) groups is 1. The standard InChI is InChI=1S/C14H12N4O/c1-18(10-13-4-2-3-7-16-13)14(19)11-5-6-12(8-15)17-9-11/h2-7,9H,10H2,1H3. The summed E-state index contributed by atoms with van der Waals surface area (Å²) >= 11 is 0. The lowest BCUT2D eigenvalue weighted by Crippen LogP contribution is -2.26. The fourth-order valence-electron chi connectivity index (χ4n) is 1.61. The summed E-state index contributed by atoms with van der Waals surface area (Å²) in [6, 6.07) is 10.6. The Hall–Kier alpha value is -2.74. The number of nitriles is 1. The van der Waals surface area contributed by atoms with E-state index in [0.29, 0.717) is 17.8 Å². The smallest absolute Gasteiger partial charge is 0.255 e. The maximum Gasteiger partial charge on any atom is 0.255 e. The van der Waals surface area contributed by atoms with Gasteiger partial charge in [0, 0.05) is 19.4 Å². The summed E-state index contributed by atoms with van der Waals surface area (Å²) in [6.45, 7) is 0.430. The fourth-order valence-corrected chi connectivity index (χ4v) is 1.61. The normalized spacial score (nSPS) is 9.68. The Kier molecular flexibility index (Phi) is 3.84. The minimum Gasteiger partial charge on any atom is -0.336 e. The number of hydrogen-bond acceptors (Lipinski definition) is 4. The van der Waals surface area contributed by atoms with Crippen molar-refractivity contribution in [3.8, 4) is 6.07 Å². The first-order chi connectivity index (χ1) is 9.20. The van der Waals surface area contributed by atoms with Crippen LogP contribution in [0.3, 0.4) is 0 Å². The van der Waals surface area contributed by atoms with Crippen molar-refractivity contribution >= 4 is 5.91 Å². The monoisotopic (exact) mass is 252 g/mol. The van der Waals surface area contributed by atoms with Gasteiger partial charge in [-0.2, -0.15) is 5.26 Å². The van der Waals surface area contributed by atoms with E-state index in [9.17, 15) is 4.79 Å². The fraction of sp³-hybridized carbons (Fsp3) is 0.143. The van der Waals surface area contributed by atoms with Gasteiger partial charge in [-0.25, -0.2) is 4.98 Å². The van der Waals surface area contributed by atoms with Gasteiger partial charge in [-0.05, 0) is 24.3 Å². The number of nitrogens with zero attached hydrogens (tertiary/aromatic N) is 4. The molecule has 2 aromatic heterocycles. The van der Waals surface area contributed by atoms with Crippen molar-refractivity contribution in [1.82, 2.24) is 14.9 Å². The van der Waals surface area contributed by atoms with E-state index in [0.717, 1.165) is 5.69 Å². The summed E-state index contributed by atoms with van der Waals surface area (Å²) in [7, 11) is 1.70. The zero-order valence-corrected chi connectivity index (χ0v) is 10.4. The van der Waals surface area contributed by atoms with Crippen LogP contribution in [0.15, 0.2) is 42.7 Å². The molecule has 0 atom stereocenters.